The van der Waals surface area contributed by atoms with E-state index < -0.39 is 0 Å². The van der Waals surface area contributed by atoms with Gasteiger partial charge >= 0.3 is 0 Å². The van der Waals surface area contributed by atoms with Gasteiger partial charge in [0.1, 0.15) is 11.6 Å². The molecule has 1 N–H and O–H groups in total. The highest BCUT2D eigenvalue weighted by molar-refractivity contribution is 5.47. The lowest BCUT2D eigenvalue weighted by Gasteiger charge is -2.34. The summed E-state index contributed by atoms with van der Waals surface area (Å²) < 4.78 is 5.52. The molecule has 0 aliphatic carbocycles. The average molecular weight is 340 g/mol. The smallest absolute Gasteiger partial charge is 0.228 e. The number of hydrogen-bond donors (Lipinski definition) is 1. The Balaban J connectivity index is 1.56. The molecule has 0 spiro atoms. The van der Waals surface area contributed by atoms with E-state index in [1.807, 2.05) is 13.0 Å². The number of aromatic nitrogens is 4. The van der Waals surface area contributed by atoms with E-state index in [-0.39, 0.29) is 0 Å². The van der Waals surface area contributed by atoms with Crippen LogP contribution in [-0.4, -0.2) is 50.6 Å². The van der Waals surface area contributed by atoms with Gasteiger partial charge in [0.25, 0.3) is 0 Å². The largest absolute Gasteiger partial charge is 0.381 e. The Morgan fingerprint density at radius 2 is 1.92 bits per heavy atom. The van der Waals surface area contributed by atoms with Crippen molar-refractivity contribution < 1.29 is 4.74 Å². The van der Waals surface area contributed by atoms with Crippen LogP contribution in [0.1, 0.15) is 43.2 Å². The molecule has 2 fully saturated rings. The highest BCUT2D eigenvalue weighted by atomic mass is 16.5. The molecule has 0 aromatic carbocycles. The van der Waals surface area contributed by atoms with Gasteiger partial charge in [0, 0.05) is 43.4 Å². The van der Waals surface area contributed by atoms with Crippen LogP contribution in [0.25, 0.3) is 0 Å². The second-order valence-electron chi connectivity index (χ2n) is 6.69. The van der Waals surface area contributed by atoms with Crippen LogP contribution in [0.3, 0.4) is 0 Å². The number of aryl methyl sites for hydroxylation is 1. The van der Waals surface area contributed by atoms with E-state index in [1.165, 1.54) is 6.42 Å². The first-order chi connectivity index (χ1) is 12.3. The van der Waals surface area contributed by atoms with Crippen molar-refractivity contribution in [2.45, 2.75) is 44.7 Å². The van der Waals surface area contributed by atoms with Crippen LogP contribution in [0, 0.1) is 6.92 Å². The summed E-state index contributed by atoms with van der Waals surface area (Å²) in [5, 5.41) is 3.19. The molecule has 25 heavy (non-hydrogen) atoms. The first-order valence-electron chi connectivity index (χ1n) is 9.03. The number of nitrogens with zero attached hydrogens (tertiary/aromatic N) is 5. The summed E-state index contributed by atoms with van der Waals surface area (Å²) in [6.07, 6.45) is 7.95. The van der Waals surface area contributed by atoms with Gasteiger partial charge in [0.05, 0.1) is 6.04 Å². The summed E-state index contributed by atoms with van der Waals surface area (Å²) in [6.45, 7) is 4.86. The van der Waals surface area contributed by atoms with Crippen LogP contribution in [0.15, 0.2) is 24.5 Å². The SMILES string of the molecule is Cc1cc(Nc2ncccn2)nc([C@H]2CCCN2C2CCOCC2)n1. The van der Waals surface area contributed by atoms with Gasteiger partial charge in [-0.2, -0.15) is 0 Å². The van der Waals surface area contributed by atoms with Crippen molar-refractivity contribution >= 4 is 11.8 Å². The second kappa shape index (κ2) is 7.41. The third-order valence-corrected chi connectivity index (χ3v) is 4.93. The van der Waals surface area contributed by atoms with Crippen molar-refractivity contribution in [1.29, 1.82) is 0 Å². The molecule has 4 heterocycles. The molecular formula is C18H24N6O. The molecule has 2 saturated heterocycles. The summed E-state index contributed by atoms with van der Waals surface area (Å²) in [5.41, 5.74) is 0.960. The van der Waals surface area contributed by atoms with E-state index in [2.05, 4.69) is 20.2 Å². The Morgan fingerprint density at radius 3 is 2.72 bits per heavy atom. The lowest BCUT2D eigenvalue weighted by Crippen LogP contribution is -2.39. The summed E-state index contributed by atoms with van der Waals surface area (Å²) in [5.74, 6) is 2.22. The van der Waals surface area contributed by atoms with Gasteiger partial charge < -0.3 is 10.1 Å². The molecule has 2 aromatic rings. The summed E-state index contributed by atoms with van der Waals surface area (Å²) in [6, 6.07) is 4.61. The van der Waals surface area contributed by atoms with Crippen molar-refractivity contribution in [3.63, 3.8) is 0 Å². The summed E-state index contributed by atoms with van der Waals surface area (Å²) in [7, 11) is 0. The minimum absolute atomic E-state index is 0.292. The Kier molecular flexibility index (Phi) is 4.85. The zero-order valence-corrected chi connectivity index (χ0v) is 14.6. The minimum Gasteiger partial charge on any atom is -0.381 e. The molecule has 132 valence electrons. The summed E-state index contributed by atoms with van der Waals surface area (Å²) in [4.78, 5) is 20.5. The Morgan fingerprint density at radius 1 is 1.12 bits per heavy atom. The highest BCUT2D eigenvalue weighted by Gasteiger charge is 2.34. The molecular weight excluding hydrogens is 316 g/mol. The van der Waals surface area contributed by atoms with E-state index in [0.29, 0.717) is 18.0 Å². The van der Waals surface area contributed by atoms with E-state index in [9.17, 15) is 0 Å². The van der Waals surface area contributed by atoms with E-state index >= 15 is 0 Å². The molecule has 7 heteroatoms. The third kappa shape index (κ3) is 3.77. The summed E-state index contributed by atoms with van der Waals surface area (Å²) >= 11 is 0. The number of anilines is 2. The first kappa shape index (κ1) is 16.4. The van der Waals surface area contributed by atoms with Crippen molar-refractivity contribution in [2.75, 3.05) is 25.1 Å². The highest BCUT2D eigenvalue weighted by Crippen LogP contribution is 2.35. The van der Waals surface area contributed by atoms with Gasteiger partial charge in [-0.05, 0) is 45.2 Å². The number of rotatable bonds is 4. The van der Waals surface area contributed by atoms with Crippen LogP contribution in [0.4, 0.5) is 11.8 Å². The number of hydrogen-bond acceptors (Lipinski definition) is 7. The Labute approximate surface area is 147 Å². The fourth-order valence-corrected chi connectivity index (χ4v) is 3.80. The molecule has 0 amide bonds. The van der Waals surface area contributed by atoms with E-state index in [1.54, 1.807) is 18.5 Å². The predicted molar refractivity (Wildman–Crippen MR) is 94.6 cm³/mol. The van der Waals surface area contributed by atoms with Crippen LogP contribution in [-0.2, 0) is 4.74 Å². The Bertz CT molecular complexity index is 704. The third-order valence-electron chi connectivity index (χ3n) is 4.93. The maximum atomic E-state index is 5.52. The first-order valence-corrected chi connectivity index (χ1v) is 9.03. The fourth-order valence-electron chi connectivity index (χ4n) is 3.80. The maximum absolute atomic E-state index is 5.52. The van der Waals surface area contributed by atoms with E-state index in [4.69, 9.17) is 14.7 Å². The monoisotopic (exact) mass is 340 g/mol. The van der Waals surface area contributed by atoms with Gasteiger partial charge in [-0.1, -0.05) is 0 Å². The Hall–Kier alpha value is -2.12. The van der Waals surface area contributed by atoms with Crippen LogP contribution < -0.4 is 5.32 Å². The maximum Gasteiger partial charge on any atom is 0.228 e. The second-order valence-corrected chi connectivity index (χ2v) is 6.69. The zero-order valence-electron chi connectivity index (χ0n) is 14.6. The van der Waals surface area contributed by atoms with Crippen LogP contribution in [0.2, 0.25) is 0 Å². The zero-order chi connectivity index (χ0) is 17.1. The fraction of sp³-hybridized carbons (Fsp3) is 0.556. The van der Waals surface area contributed by atoms with Crippen molar-refractivity contribution in [1.82, 2.24) is 24.8 Å². The van der Waals surface area contributed by atoms with Crippen LogP contribution in [0.5, 0.6) is 0 Å². The topological polar surface area (TPSA) is 76.1 Å². The average Bonchev–Trinajstić information content (AvgIpc) is 3.13. The molecule has 0 radical (unpaired) electrons. The van der Waals surface area contributed by atoms with E-state index in [0.717, 1.165) is 56.4 Å². The van der Waals surface area contributed by atoms with Gasteiger partial charge in [0.2, 0.25) is 5.95 Å². The number of nitrogens with one attached hydrogen (secondary N) is 1. The normalized spacial score (nSPS) is 22.2. The van der Waals surface area contributed by atoms with Gasteiger partial charge in [-0.15, -0.1) is 0 Å². The number of ether oxygens (including phenoxy) is 1. The number of likely N-dealkylation sites (tertiary alicyclic amines) is 1. The molecule has 1 atom stereocenters. The standard InChI is InChI=1S/C18H24N6O/c1-13-12-16(23-18-19-7-3-8-20-18)22-17(21-13)15-4-2-9-24(15)14-5-10-25-11-6-14/h3,7-8,12,14-15H,2,4-6,9-11H2,1H3,(H,19,20,21,22,23)/t15-/m1/s1. The molecule has 4 rings (SSSR count). The predicted octanol–water partition coefficient (Wildman–Crippen LogP) is 2.63. The molecule has 2 aliphatic rings. The molecule has 2 aromatic heterocycles. The van der Waals surface area contributed by atoms with Crippen LogP contribution >= 0.6 is 0 Å². The van der Waals surface area contributed by atoms with Gasteiger partial charge in [-0.3, -0.25) is 4.90 Å². The van der Waals surface area contributed by atoms with Crippen molar-refractivity contribution in [2.24, 2.45) is 0 Å². The molecule has 0 saturated carbocycles. The minimum atomic E-state index is 0.292. The van der Waals surface area contributed by atoms with Crippen molar-refractivity contribution in [3.8, 4) is 0 Å². The van der Waals surface area contributed by atoms with Gasteiger partial charge in [-0.25, -0.2) is 19.9 Å². The van der Waals surface area contributed by atoms with Gasteiger partial charge in [0.15, 0.2) is 0 Å². The molecule has 2 aliphatic heterocycles. The molecule has 0 unspecified atom stereocenters. The quantitative estimate of drug-likeness (QED) is 0.917. The van der Waals surface area contributed by atoms with Crippen molar-refractivity contribution in [3.05, 3.63) is 36.0 Å². The molecule has 0 bridgehead atoms. The molecule has 7 nitrogen and oxygen atoms in total. The lowest BCUT2D eigenvalue weighted by molar-refractivity contribution is 0.0279. The lowest BCUT2D eigenvalue weighted by atomic mass is 10.1.